The molecule has 1 unspecified atom stereocenters. The highest BCUT2D eigenvalue weighted by molar-refractivity contribution is 7.99. The number of rotatable bonds is 6. The van der Waals surface area contributed by atoms with Gasteiger partial charge in [0.25, 0.3) is 5.91 Å². The number of hydrogen-bond acceptors (Lipinski definition) is 5. The molecule has 0 saturated carbocycles. The van der Waals surface area contributed by atoms with Gasteiger partial charge < -0.3 is 20.3 Å². The molecule has 8 heteroatoms. The van der Waals surface area contributed by atoms with Gasteiger partial charge in [0, 0.05) is 50.2 Å². The molecule has 1 aliphatic heterocycles. The molecule has 1 fully saturated rings. The quantitative estimate of drug-likeness (QED) is 0.783. The average Bonchev–Trinajstić information content (AvgIpc) is 2.56. The first kappa shape index (κ1) is 21.6. The van der Waals surface area contributed by atoms with Crippen molar-refractivity contribution in [3.05, 3.63) is 23.8 Å². The highest BCUT2D eigenvalue weighted by atomic mass is 35.5. The summed E-state index contributed by atoms with van der Waals surface area (Å²) in [5, 5.41) is 6.25. The van der Waals surface area contributed by atoms with Gasteiger partial charge in [0.05, 0.1) is 12.3 Å². The van der Waals surface area contributed by atoms with E-state index < -0.39 is 0 Å². The van der Waals surface area contributed by atoms with Crippen molar-refractivity contribution in [2.45, 2.75) is 19.4 Å². The lowest BCUT2D eigenvalue weighted by molar-refractivity contribution is -0.116. The summed E-state index contributed by atoms with van der Waals surface area (Å²) in [5.41, 5.74) is 1.13. The molecule has 1 aromatic rings. The number of halogens is 1. The van der Waals surface area contributed by atoms with E-state index in [-0.39, 0.29) is 30.3 Å². The van der Waals surface area contributed by atoms with Gasteiger partial charge in [0.2, 0.25) is 5.91 Å². The first-order chi connectivity index (χ1) is 11.5. The number of ether oxygens (including phenoxy) is 1. The SMILES string of the molecule is CCOc1cc(C(=O)N(C)C)ccc1NC(=O)CC1CSCCN1.Cl. The number of anilines is 1. The fraction of sp³-hybridized carbons (Fsp3) is 0.529. The average molecular weight is 388 g/mol. The van der Waals surface area contributed by atoms with E-state index in [4.69, 9.17) is 4.74 Å². The van der Waals surface area contributed by atoms with E-state index in [1.54, 1.807) is 32.3 Å². The first-order valence-corrected chi connectivity index (χ1v) is 9.26. The third kappa shape index (κ3) is 6.41. The fourth-order valence-electron chi connectivity index (χ4n) is 2.47. The van der Waals surface area contributed by atoms with Crippen molar-refractivity contribution < 1.29 is 14.3 Å². The van der Waals surface area contributed by atoms with Crippen LogP contribution < -0.4 is 15.4 Å². The lowest BCUT2D eigenvalue weighted by Crippen LogP contribution is -2.39. The van der Waals surface area contributed by atoms with E-state index in [1.165, 1.54) is 4.90 Å². The lowest BCUT2D eigenvalue weighted by Gasteiger charge is -2.22. The van der Waals surface area contributed by atoms with E-state index >= 15 is 0 Å². The van der Waals surface area contributed by atoms with Gasteiger partial charge in [-0.05, 0) is 25.1 Å². The van der Waals surface area contributed by atoms with E-state index in [2.05, 4.69) is 10.6 Å². The monoisotopic (exact) mass is 387 g/mol. The normalized spacial score (nSPS) is 16.5. The van der Waals surface area contributed by atoms with Crippen LogP contribution >= 0.6 is 24.2 Å². The number of amides is 2. The number of benzene rings is 1. The molecule has 6 nitrogen and oxygen atoms in total. The highest BCUT2D eigenvalue weighted by Gasteiger charge is 2.18. The van der Waals surface area contributed by atoms with Crippen LogP contribution in [-0.2, 0) is 4.79 Å². The Morgan fingerprint density at radius 3 is 2.76 bits per heavy atom. The summed E-state index contributed by atoms with van der Waals surface area (Å²) >= 11 is 1.86. The molecule has 2 rings (SSSR count). The first-order valence-electron chi connectivity index (χ1n) is 8.10. The maximum absolute atomic E-state index is 12.3. The fourth-order valence-corrected chi connectivity index (χ4v) is 3.42. The second-order valence-electron chi connectivity index (χ2n) is 5.82. The van der Waals surface area contributed by atoms with Crippen molar-refractivity contribution in [3.8, 4) is 5.75 Å². The summed E-state index contributed by atoms with van der Waals surface area (Å²) in [4.78, 5) is 25.9. The van der Waals surface area contributed by atoms with Crippen LogP contribution in [0, 0.1) is 0 Å². The Balaban J connectivity index is 0.00000312. The summed E-state index contributed by atoms with van der Waals surface area (Å²) in [7, 11) is 3.40. The van der Waals surface area contributed by atoms with Gasteiger partial charge in [-0.1, -0.05) is 0 Å². The zero-order chi connectivity index (χ0) is 17.5. The molecule has 0 bridgehead atoms. The summed E-state index contributed by atoms with van der Waals surface area (Å²) in [6, 6.07) is 5.31. The van der Waals surface area contributed by atoms with Crippen LogP contribution in [0.25, 0.3) is 0 Å². The lowest BCUT2D eigenvalue weighted by atomic mass is 10.1. The molecule has 1 atom stereocenters. The maximum atomic E-state index is 12.3. The van der Waals surface area contributed by atoms with Crippen LogP contribution in [0.4, 0.5) is 5.69 Å². The Kier molecular flexibility index (Phi) is 9.10. The van der Waals surface area contributed by atoms with Crippen LogP contribution in [0.1, 0.15) is 23.7 Å². The van der Waals surface area contributed by atoms with Gasteiger partial charge in [-0.2, -0.15) is 11.8 Å². The van der Waals surface area contributed by atoms with Gasteiger partial charge in [0.15, 0.2) is 0 Å². The number of hydrogen-bond donors (Lipinski definition) is 2. The predicted molar refractivity (Wildman–Crippen MR) is 105 cm³/mol. The molecule has 1 saturated heterocycles. The highest BCUT2D eigenvalue weighted by Crippen LogP contribution is 2.27. The molecule has 0 spiro atoms. The number of carbonyl (C=O) groups is 2. The zero-order valence-electron chi connectivity index (χ0n) is 14.8. The van der Waals surface area contributed by atoms with Gasteiger partial charge in [-0.3, -0.25) is 9.59 Å². The molecule has 1 heterocycles. The molecule has 2 N–H and O–H groups in total. The number of nitrogens with one attached hydrogen (secondary N) is 2. The van der Waals surface area contributed by atoms with Crippen LogP contribution in [-0.4, -0.2) is 61.5 Å². The minimum Gasteiger partial charge on any atom is -0.492 e. The molecule has 0 aromatic heterocycles. The van der Waals surface area contributed by atoms with Crippen LogP contribution in [0.5, 0.6) is 5.75 Å². The third-order valence-corrected chi connectivity index (χ3v) is 4.77. The van der Waals surface area contributed by atoms with Crippen molar-refractivity contribution in [1.29, 1.82) is 0 Å². The maximum Gasteiger partial charge on any atom is 0.253 e. The summed E-state index contributed by atoms with van der Waals surface area (Å²) in [6.07, 6.45) is 0.428. The Hall–Kier alpha value is -1.44. The van der Waals surface area contributed by atoms with Crippen LogP contribution in [0.3, 0.4) is 0 Å². The molecule has 2 amide bonds. The minimum atomic E-state index is -0.0998. The van der Waals surface area contributed by atoms with E-state index in [1.807, 2.05) is 18.7 Å². The van der Waals surface area contributed by atoms with Gasteiger partial charge >= 0.3 is 0 Å². The number of thioether (sulfide) groups is 1. The molecule has 0 radical (unpaired) electrons. The van der Waals surface area contributed by atoms with Crippen molar-refractivity contribution in [2.75, 3.05) is 44.1 Å². The predicted octanol–water partition coefficient (Wildman–Crippen LogP) is 2.24. The Morgan fingerprint density at radius 1 is 1.40 bits per heavy atom. The van der Waals surface area contributed by atoms with Crippen molar-refractivity contribution in [3.63, 3.8) is 0 Å². The van der Waals surface area contributed by atoms with Gasteiger partial charge in [-0.25, -0.2) is 0 Å². The van der Waals surface area contributed by atoms with Crippen molar-refractivity contribution in [1.82, 2.24) is 10.2 Å². The van der Waals surface area contributed by atoms with E-state index in [0.29, 0.717) is 30.0 Å². The zero-order valence-corrected chi connectivity index (χ0v) is 16.5. The minimum absolute atomic E-state index is 0. The van der Waals surface area contributed by atoms with Crippen LogP contribution in [0.15, 0.2) is 18.2 Å². The molecule has 140 valence electrons. The molecule has 0 aliphatic carbocycles. The molecular formula is C17H26ClN3O3S. The molecular weight excluding hydrogens is 362 g/mol. The summed E-state index contributed by atoms with van der Waals surface area (Å²) in [5.74, 6) is 2.40. The number of nitrogens with zero attached hydrogens (tertiary/aromatic N) is 1. The summed E-state index contributed by atoms with van der Waals surface area (Å²) < 4.78 is 5.59. The molecule has 1 aromatic carbocycles. The Bertz CT molecular complexity index is 593. The van der Waals surface area contributed by atoms with Gasteiger partial charge in [-0.15, -0.1) is 12.4 Å². The van der Waals surface area contributed by atoms with Crippen LogP contribution in [0.2, 0.25) is 0 Å². The van der Waals surface area contributed by atoms with Crippen molar-refractivity contribution >= 4 is 41.7 Å². The largest absolute Gasteiger partial charge is 0.492 e. The smallest absolute Gasteiger partial charge is 0.253 e. The Labute approximate surface area is 159 Å². The number of carbonyl (C=O) groups excluding carboxylic acids is 2. The third-order valence-electron chi connectivity index (χ3n) is 3.64. The second-order valence-corrected chi connectivity index (χ2v) is 6.97. The Morgan fingerprint density at radius 2 is 2.16 bits per heavy atom. The standard InChI is InChI=1S/C17H25N3O3S.ClH/c1-4-23-15-9-12(17(22)20(2)3)5-6-14(15)19-16(21)10-13-11-24-8-7-18-13;/h5-6,9,13,18H,4,7-8,10-11H2,1-3H3,(H,19,21);1H. The molecule has 25 heavy (non-hydrogen) atoms. The van der Waals surface area contributed by atoms with Crippen molar-refractivity contribution in [2.24, 2.45) is 0 Å². The topological polar surface area (TPSA) is 70.7 Å². The van der Waals surface area contributed by atoms with Gasteiger partial charge in [0.1, 0.15) is 5.75 Å². The second kappa shape index (κ2) is 10.5. The van der Waals surface area contributed by atoms with E-state index in [0.717, 1.165) is 18.1 Å². The molecule has 1 aliphatic rings. The summed E-state index contributed by atoms with van der Waals surface area (Å²) in [6.45, 7) is 3.27. The van der Waals surface area contributed by atoms with E-state index in [9.17, 15) is 9.59 Å².